The second-order valence-corrected chi connectivity index (χ2v) is 4.83. The van der Waals surface area contributed by atoms with E-state index >= 15 is 0 Å². The van der Waals surface area contributed by atoms with Gasteiger partial charge in [-0.3, -0.25) is 0 Å². The van der Waals surface area contributed by atoms with E-state index in [1.807, 2.05) is 24.3 Å². The Morgan fingerprint density at radius 2 is 1.71 bits per heavy atom. The maximum atomic E-state index is 5.87. The topological polar surface area (TPSA) is 46.2 Å². The molecule has 108 valence electrons. The van der Waals surface area contributed by atoms with E-state index in [0.717, 1.165) is 28.2 Å². The SMILES string of the molecule is COc1ccc2c(c1OC)OCc1cc3c(cc1-2)OCO3. The summed E-state index contributed by atoms with van der Waals surface area (Å²) in [6, 6.07) is 7.81. The first-order valence-electron chi connectivity index (χ1n) is 6.62. The lowest BCUT2D eigenvalue weighted by atomic mass is 9.95. The normalized spacial score (nSPS) is 14.0. The number of methoxy groups -OCH3 is 2. The summed E-state index contributed by atoms with van der Waals surface area (Å²) in [6.07, 6.45) is 0. The van der Waals surface area contributed by atoms with Crippen LogP contribution in [-0.4, -0.2) is 21.0 Å². The standard InChI is InChI=1S/C16H14O5/c1-17-12-4-3-10-11-6-14-13(20-8-21-14)5-9(11)7-19-15(10)16(12)18-2/h3-6H,7-8H2,1-2H3. The van der Waals surface area contributed by atoms with Gasteiger partial charge in [-0.15, -0.1) is 0 Å². The van der Waals surface area contributed by atoms with Crippen LogP contribution in [0, 0.1) is 0 Å². The van der Waals surface area contributed by atoms with Crippen molar-refractivity contribution < 1.29 is 23.7 Å². The van der Waals surface area contributed by atoms with Crippen molar-refractivity contribution in [1.29, 1.82) is 0 Å². The Hall–Kier alpha value is -2.56. The van der Waals surface area contributed by atoms with Crippen molar-refractivity contribution in [3.8, 4) is 39.9 Å². The van der Waals surface area contributed by atoms with Crippen LogP contribution in [0.15, 0.2) is 24.3 Å². The van der Waals surface area contributed by atoms with Gasteiger partial charge >= 0.3 is 0 Å². The lowest BCUT2D eigenvalue weighted by molar-refractivity contribution is 0.174. The minimum Gasteiger partial charge on any atom is -0.493 e. The fraction of sp³-hybridized carbons (Fsp3) is 0.250. The Labute approximate surface area is 122 Å². The summed E-state index contributed by atoms with van der Waals surface area (Å²) in [5, 5.41) is 0. The smallest absolute Gasteiger partial charge is 0.231 e. The molecule has 2 heterocycles. The van der Waals surface area contributed by atoms with Gasteiger partial charge in [-0.2, -0.15) is 0 Å². The number of rotatable bonds is 2. The molecule has 2 aliphatic rings. The van der Waals surface area contributed by atoms with E-state index in [2.05, 4.69) is 0 Å². The predicted molar refractivity (Wildman–Crippen MR) is 75.4 cm³/mol. The van der Waals surface area contributed by atoms with Gasteiger partial charge in [0.25, 0.3) is 0 Å². The van der Waals surface area contributed by atoms with Crippen molar-refractivity contribution in [2.75, 3.05) is 21.0 Å². The van der Waals surface area contributed by atoms with Crippen molar-refractivity contribution in [3.63, 3.8) is 0 Å². The molecule has 0 atom stereocenters. The van der Waals surface area contributed by atoms with E-state index in [0.29, 0.717) is 23.9 Å². The molecule has 0 unspecified atom stereocenters. The molecule has 0 aliphatic carbocycles. The van der Waals surface area contributed by atoms with Crippen LogP contribution < -0.4 is 23.7 Å². The molecule has 4 rings (SSSR count). The summed E-state index contributed by atoms with van der Waals surface area (Å²) in [6.45, 7) is 0.723. The molecule has 2 aliphatic heterocycles. The molecule has 2 aromatic rings. The Balaban J connectivity index is 1.93. The zero-order valence-corrected chi connectivity index (χ0v) is 11.8. The van der Waals surface area contributed by atoms with Gasteiger partial charge in [-0.25, -0.2) is 0 Å². The molecular formula is C16H14O5. The molecule has 0 saturated carbocycles. The summed E-state index contributed by atoms with van der Waals surface area (Å²) in [4.78, 5) is 0. The zero-order chi connectivity index (χ0) is 14.4. The van der Waals surface area contributed by atoms with Crippen molar-refractivity contribution in [3.05, 3.63) is 29.8 Å². The first-order chi connectivity index (χ1) is 10.3. The maximum Gasteiger partial charge on any atom is 0.231 e. The monoisotopic (exact) mass is 286 g/mol. The molecule has 21 heavy (non-hydrogen) atoms. The lowest BCUT2D eigenvalue weighted by Crippen LogP contribution is -2.07. The van der Waals surface area contributed by atoms with Gasteiger partial charge in [0, 0.05) is 11.1 Å². The number of ether oxygens (including phenoxy) is 5. The maximum absolute atomic E-state index is 5.87. The van der Waals surface area contributed by atoms with Crippen LogP contribution in [0.5, 0.6) is 28.7 Å². The van der Waals surface area contributed by atoms with Crippen molar-refractivity contribution in [2.45, 2.75) is 6.61 Å². The van der Waals surface area contributed by atoms with Crippen LogP contribution in [0.25, 0.3) is 11.1 Å². The third kappa shape index (κ3) is 1.70. The molecule has 5 heteroatoms. The van der Waals surface area contributed by atoms with E-state index in [4.69, 9.17) is 23.7 Å². The molecule has 0 aromatic heterocycles. The molecule has 5 nitrogen and oxygen atoms in total. The molecular weight excluding hydrogens is 272 g/mol. The average molecular weight is 286 g/mol. The highest BCUT2D eigenvalue weighted by atomic mass is 16.7. The van der Waals surface area contributed by atoms with Crippen LogP contribution in [0.4, 0.5) is 0 Å². The number of hydrogen-bond acceptors (Lipinski definition) is 5. The van der Waals surface area contributed by atoms with Crippen molar-refractivity contribution in [2.24, 2.45) is 0 Å². The van der Waals surface area contributed by atoms with Crippen LogP contribution in [0.3, 0.4) is 0 Å². The predicted octanol–water partition coefficient (Wildman–Crippen LogP) is 2.99. The number of benzene rings is 2. The van der Waals surface area contributed by atoms with Gasteiger partial charge in [-0.1, -0.05) is 0 Å². The molecule has 0 fully saturated rings. The summed E-state index contributed by atoms with van der Waals surface area (Å²) >= 11 is 0. The average Bonchev–Trinajstić information content (AvgIpc) is 2.98. The fourth-order valence-electron chi connectivity index (χ4n) is 2.76. The van der Waals surface area contributed by atoms with Crippen molar-refractivity contribution >= 4 is 0 Å². The minimum absolute atomic E-state index is 0.262. The molecule has 2 aromatic carbocycles. The molecule has 0 N–H and O–H groups in total. The Kier molecular flexibility index (Phi) is 2.60. The Morgan fingerprint density at radius 1 is 0.905 bits per heavy atom. The van der Waals surface area contributed by atoms with E-state index in [1.165, 1.54) is 0 Å². The number of hydrogen-bond donors (Lipinski definition) is 0. The summed E-state index contributed by atoms with van der Waals surface area (Å²) < 4.78 is 27.5. The third-order valence-corrected chi connectivity index (χ3v) is 3.76. The molecule has 0 saturated heterocycles. The van der Waals surface area contributed by atoms with Crippen molar-refractivity contribution in [1.82, 2.24) is 0 Å². The highest BCUT2D eigenvalue weighted by Crippen LogP contribution is 2.50. The summed E-state index contributed by atoms with van der Waals surface area (Å²) in [5.74, 6) is 3.49. The highest BCUT2D eigenvalue weighted by molar-refractivity contribution is 5.81. The molecule has 0 amide bonds. The molecule has 0 spiro atoms. The van der Waals surface area contributed by atoms with Crippen LogP contribution >= 0.6 is 0 Å². The van der Waals surface area contributed by atoms with E-state index in [-0.39, 0.29) is 6.79 Å². The van der Waals surface area contributed by atoms with Gasteiger partial charge in [0.05, 0.1) is 14.2 Å². The Morgan fingerprint density at radius 3 is 2.48 bits per heavy atom. The van der Waals surface area contributed by atoms with Crippen LogP contribution in [0.1, 0.15) is 5.56 Å². The van der Waals surface area contributed by atoms with E-state index < -0.39 is 0 Å². The molecule has 0 bridgehead atoms. The van der Waals surface area contributed by atoms with Gasteiger partial charge < -0.3 is 23.7 Å². The van der Waals surface area contributed by atoms with Gasteiger partial charge in [0.15, 0.2) is 23.0 Å². The van der Waals surface area contributed by atoms with Gasteiger partial charge in [0.1, 0.15) is 6.61 Å². The van der Waals surface area contributed by atoms with Crippen LogP contribution in [0.2, 0.25) is 0 Å². The van der Waals surface area contributed by atoms with E-state index in [9.17, 15) is 0 Å². The first kappa shape index (κ1) is 12.2. The first-order valence-corrected chi connectivity index (χ1v) is 6.62. The largest absolute Gasteiger partial charge is 0.493 e. The van der Waals surface area contributed by atoms with E-state index in [1.54, 1.807) is 14.2 Å². The minimum atomic E-state index is 0.262. The highest BCUT2D eigenvalue weighted by Gasteiger charge is 2.26. The van der Waals surface area contributed by atoms with Gasteiger partial charge in [-0.05, 0) is 29.8 Å². The second-order valence-electron chi connectivity index (χ2n) is 4.83. The number of fused-ring (bicyclic) bond motifs is 4. The van der Waals surface area contributed by atoms with Gasteiger partial charge in [0.2, 0.25) is 12.5 Å². The fourth-order valence-corrected chi connectivity index (χ4v) is 2.76. The zero-order valence-electron chi connectivity index (χ0n) is 11.8. The lowest BCUT2D eigenvalue weighted by Gasteiger charge is -2.24. The Bertz CT molecular complexity index is 723. The third-order valence-electron chi connectivity index (χ3n) is 3.76. The molecule has 0 radical (unpaired) electrons. The van der Waals surface area contributed by atoms with Crippen LogP contribution in [-0.2, 0) is 6.61 Å². The second kappa shape index (κ2) is 4.48. The quantitative estimate of drug-likeness (QED) is 0.849. The summed E-state index contributed by atoms with van der Waals surface area (Å²) in [7, 11) is 3.22. The summed E-state index contributed by atoms with van der Waals surface area (Å²) in [5.41, 5.74) is 3.10.